The van der Waals surface area contributed by atoms with E-state index in [4.69, 9.17) is 34.3 Å². The molecule has 4 aromatic rings. The van der Waals surface area contributed by atoms with Crippen molar-refractivity contribution < 1.29 is 32.7 Å². The summed E-state index contributed by atoms with van der Waals surface area (Å²) < 4.78 is 45.4. The van der Waals surface area contributed by atoms with Crippen LogP contribution in [0.3, 0.4) is 0 Å². The van der Waals surface area contributed by atoms with Gasteiger partial charge in [-0.25, -0.2) is 29.0 Å². The predicted molar refractivity (Wildman–Crippen MR) is 228 cm³/mol. The Morgan fingerprint density at radius 3 is 2.25 bits per heavy atom. The Kier molecular flexibility index (Phi) is 22.2. The molecule has 0 radical (unpaired) electrons. The number of rotatable bonds is 30. The second-order valence-corrected chi connectivity index (χ2v) is 16.7. The van der Waals surface area contributed by atoms with E-state index in [0.717, 1.165) is 24.1 Å². The Morgan fingerprint density at radius 2 is 1.60 bits per heavy atom. The van der Waals surface area contributed by atoms with Gasteiger partial charge in [0.25, 0.3) is 0 Å². The lowest BCUT2D eigenvalue weighted by Crippen LogP contribution is -2.26. The number of nitrogens with two attached hydrogens (primary N) is 1. The van der Waals surface area contributed by atoms with Gasteiger partial charge in [0.15, 0.2) is 5.82 Å². The molecule has 1 aliphatic heterocycles. The smallest absolute Gasteiger partial charge is 0.382 e. The molecule has 1 aliphatic rings. The summed E-state index contributed by atoms with van der Waals surface area (Å²) in [6.45, 7) is 6.27. The fourth-order valence-corrected chi connectivity index (χ4v) is 8.05. The van der Waals surface area contributed by atoms with Gasteiger partial charge in [-0.15, -0.1) is 0 Å². The van der Waals surface area contributed by atoms with Crippen LogP contribution in [0.1, 0.15) is 145 Å². The molecular formula is C43H64N9O7P. The largest absolute Gasteiger partial charge is 0.472 e. The number of unbranched alkanes of at least 4 members (excludes halogenated alkanes) is 15. The fraction of sp³-hybridized carbons (Fsp3) is 0.628. The van der Waals surface area contributed by atoms with Crippen molar-refractivity contribution in [3.05, 3.63) is 66.1 Å². The molecule has 4 unspecified atom stereocenters. The van der Waals surface area contributed by atoms with Crippen LogP contribution in [-0.4, -0.2) is 72.9 Å². The molecule has 1 saturated heterocycles. The van der Waals surface area contributed by atoms with E-state index < -0.39 is 20.0 Å². The van der Waals surface area contributed by atoms with E-state index in [1.807, 2.05) is 12.1 Å². The van der Waals surface area contributed by atoms with E-state index in [0.29, 0.717) is 42.0 Å². The van der Waals surface area contributed by atoms with Crippen molar-refractivity contribution in [2.24, 2.45) is 0 Å². The summed E-state index contributed by atoms with van der Waals surface area (Å²) in [5.41, 5.74) is 9.27. The number of phosphoric ester groups is 1. The van der Waals surface area contributed by atoms with Crippen LogP contribution >= 0.6 is 7.82 Å². The Morgan fingerprint density at radius 1 is 0.917 bits per heavy atom. The lowest BCUT2D eigenvalue weighted by molar-refractivity contribution is -0.0529. The van der Waals surface area contributed by atoms with E-state index in [1.165, 1.54) is 114 Å². The maximum atomic E-state index is 13.0. The topological polar surface area (TPSA) is 218 Å². The molecule has 1 aromatic carbocycles. The van der Waals surface area contributed by atoms with Crippen LogP contribution < -0.4 is 5.73 Å². The van der Waals surface area contributed by atoms with Crippen LogP contribution in [-0.2, 0) is 34.4 Å². The minimum absolute atomic E-state index is 0.123. The first-order chi connectivity index (χ1) is 29.4. The molecule has 60 heavy (non-hydrogen) atoms. The summed E-state index contributed by atoms with van der Waals surface area (Å²) in [6, 6.07) is 11.2. The molecule has 17 heteroatoms. The van der Waals surface area contributed by atoms with Crippen LogP contribution in [0, 0.1) is 23.2 Å². The minimum Gasteiger partial charge on any atom is -0.382 e. The number of ether oxygens (including phenoxy) is 3. The highest BCUT2D eigenvalue weighted by atomic mass is 31.2. The molecule has 0 spiro atoms. The van der Waals surface area contributed by atoms with E-state index in [2.05, 4.69) is 39.7 Å². The quantitative estimate of drug-likeness (QED) is 0.0369. The lowest BCUT2D eigenvalue weighted by Gasteiger charge is -2.21. The third kappa shape index (κ3) is 16.7. The van der Waals surface area contributed by atoms with Gasteiger partial charge >= 0.3 is 7.82 Å². The second-order valence-electron chi connectivity index (χ2n) is 15.2. The molecule has 0 saturated carbocycles. The summed E-state index contributed by atoms with van der Waals surface area (Å²) in [5.74, 6) is 0.374. The van der Waals surface area contributed by atoms with Gasteiger partial charge in [-0.1, -0.05) is 109 Å². The van der Waals surface area contributed by atoms with Crippen molar-refractivity contribution in [3.63, 3.8) is 0 Å². The van der Waals surface area contributed by atoms with Gasteiger partial charge in [0.2, 0.25) is 0 Å². The first-order valence-electron chi connectivity index (χ1n) is 21.6. The maximum absolute atomic E-state index is 13.0. The van der Waals surface area contributed by atoms with Crippen LogP contribution in [0.25, 0.3) is 11.2 Å². The lowest BCUT2D eigenvalue weighted by atomic mass is 10.0. The Balaban J connectivity index is 0.00000391. The van der Waals surface area contributed by atoms with E-state index in [9.17, 15) is 14.7 Å². The van der Waals surface area contributed by atoms with E-state index in [-0.39, 0.29) is 32.5 Å². The molecule has 0 amide bonds. The zero-order valence-electron chi connectivity index (χ0n) is 35.2. The third-order valence-electron chi connectivity index (χ3n) is 10.6. The van der Waals surface area contributed by atoms with Crippen molar-refractivity contribution in [1.29, 1.82) is 10.5 Å². The number of fused-ring (bicyclic) bond motifs is 1. The van der Waals surface area contributed by atoms with Crippen molar-refractivity contribution in [2.45, 2.75) is 147 Å². The van der Waals surface area contributed by atoms with Gasteiger partial charge in [-0.2, -0.15) is 15.5 Å². The molecule has 4 heterocycles. The summed E-state index contributed by atoms with van der Waals surface area (Å²) in [4.78, 5) is 18.7. The molecule has 1 fully saturated rings. The van der Waals surface area contributed by atoms with Gasteiger partial charge in [0.05, 0.1) is 49.5 Å². The molecule has 0 aliphatic carbocycles. The van der Waals surface area contributed by atoms with Crippen LogP contribution in [0.15, 0.2) is 49.3 Å². The van der Waals surface area contributed by atoms with Gasteiger partial charge in [-0.3, -0.25) is 9.05 Å². The van der Waals surface area contributed by atoms with Gasteiger partial charge in [-0.05, 0) is 49.1 Å². The molecule has 3 N–H and O–H groups in total. The molecule has 0 bridgehead atoms. The molecular weight excluding hydrogens is 786 g/mol. The van der Waals surface area contributed by atoms with Gasteiger partial charge in [0, 0.05) is 13.2 Å². The number of phosphoric acid groups is 1. The molecule has 328 valence electrons. The van der Waals surface area contributed by atoms with Crippen molar-refractivity contribution in [2.75, 3.05) is 32.2 Å². The fourth-order valence-electron chi connectivity index (χ4n) is 7.26. The number of nitrogens with zero attached hydrogens (tertiary/aromatic N) is 8. The Bertz CT molecular complexity index is 1900. The normalized spacial score (nSPS) is 16.6. The van der Waals surface area contributed by atoms with Gasteiger partial charge in [0.1, 0.15) is 42.8 Å². The summed E-state index contributed by atoms with van der Waals surface area (Å²) in [5, 5.41) is 24.6. The molecule has 3 aromatic heterocycles. The van der Waals surface area contributed by atoms with Crippen LogP contribution in [0.2, 0.25) is 0 Å². The first-order valence-corrected chi connectivity index (χ1v) is 23.0. The first kappa shape index (κ1) is 48.4. The monoisotopic (exact) mass is 849 g/mol. The number of benzene rings is 1. The standard InChI is InChI=1S/C42H63N8O7P.CHN/c1-2-3-4-5-6-7-8-9-10-11-12-13-14-15-16-17-24-53-28-37(54-27-34-18-19-35(26-43)40(25-34)49-33-45-31-47-49)30-56-58(51,52)55-29-36-20-23-41(57-36)38-21-22-39-42(44)46-32-48-50(38)39;1-2/h18-19,21-22,25,31-33,36-37,41H,2-17,20,23-24,27-30H2,1H3,(H,51,52)(H2,44,46,48);1H. The average molecular weight is 850 g/mol. The number of aromatic nitrogens is 6. The molecule has 5 rings (SSSR count). The second kappa shape index (κ2) is 27.6. The van der Waals surface area contributed by atoms with Crippen molar-refractivity contribution >= 4 is 19.2 Å². The zero-order chi connectivity index (χ0) is 42.8. The highest BCUT2D eigenvalue weighted by Gasteiger charge is 2.32. The average Bonchev–Trinajstić information content (AvgIpc) is 4.07. The SMILES string of the molecule is C#N.CCCCCCCCCCCCCCCCCCOCC(COP(=O)(O)OCC1CCC(c2ccc3c(N)ncnn23)O1)OCc1ccc(C#N)c(-n2cncn2)c1. The molecule has 4 atom stereocenters. The summed E-state index contributed by atoms with van der Waals surface area (Å²) >= 11 is 0. The van der Waals surface area contributed by atoms with Crippen molar-refractivity contribution in [1.82, 2.24) is 29.4 Å². The number of nitriles is 2. The number of anilines is 1. The van der Waals surface area contributed by atoms with E-state index in [1.54, 1.807) is 22.7 Å². The highest BCUT2D eigenvalue weighted by molar-refractivity contribution is 7.47. The summed E-state index contributed by atoms with van der Waals surface area (Å²) in [7, 11) is -4.46. The van der Waals surface area contributed by atoms with Crippen molar-refractivity contribution in [3.8, 4) is 18.3 Å². The minimum atomic E-state index is -4.46. The van der Waals surface area contributed by atoms with Crippen LogP contribution in [0.5, 0.6) is 0 Å². The highest BCUT2D eigenvalue weighted by Crippen LogP contribution is 2.45. The van der Waals surface area contributed by atoms with E-state index >= 15 is 0 Å². The Labute approximate surface area is 355 Å². The van der Waals surface area contributed by atoms with Gasteiger partial charge < -0.3 is 24.8 Å². The number of hydrogen-bond donors (Lipinski definition) is 2. The summed E-state index contributed by atoms with van der Waals surface area (Å²) in [6.07, 6.45) is 25.0. The number of hydrogen-bond acceptors (Lipinski definition) is 13. The van der Waals surface area contributed by atoms with Crippen LogP contribution in [0.4, 0.5) is 5.82 Å². The third-order valence-corrected chi connectivity index (χ3v) is 11.5. The molecule has 16 nitrogen and oxygen atoms in total. The number of nitrogen functional groups attached to an aromatic ring is 1. The predicted octanol–water partition coefficient (Wildman–Crippen LogP) is 9.12. The zero-order valence-corrected chi connectivity index (χ0v) is 36.1. The Hall–Kier alpha value is -4.25. The maximum Gasteiger partial charge on any atom is 0.472 e.